The summed E-state index contributed by atoms with van der Waals surface area (Å²) in [5, 5.41) is 7.01. The lowest BCUT2D eigenvalue weighted by molar-refractivity contribution is 0.139. The standard InChI is InChI=1S/C31H44N4O4/c1-23-27(22-29(24(2)37-6)38-21-20-35-18-8-7-9-19-35)32-16-14-28(23)39-26-12-10-25(11-13-26)34-30(36)33-17-15-31(3,4)5/h10-14,16,22H,1,7-9,15,17-21H2,2-6H3,(H2,33,34,36)/b27-22+,29-24-. The van der Waals surface area contributed by atoms with Gasteiger partial charge in [0.25, 0.3) is 0 Å². The molecule has 1 aliphatic rings. The molecule has 2 heterocycles. The highest BCUT2D eigenvalue weighted by molar-refractivity contribution is 5.89. The summed E-state index contributed by atoms with van der Waals surface area (Å²) in [5.41, 5.74) is 0.852. The van der Waals surface area contributed by atoms with E-state index in [1.807, 2.05) is 13.0 Å². The van der Waals surface area contributed by atoms with Crippen molar-refractivity contribution in [1.29, 1.82) is 0 Å². The van der Waals surface area contributed by atoms with Gasteiger partial charge in [-0.3, -0.25) is 9.88 Å². The molecule has 212 valence electrons. The van der Waals surface area contributed by atoms with Crippen molar-refractivity contribution in [2.24, 2.45) is 5.41 Å². The van der Waals surface area contributed by atoms with E-state index in [1.165, 1.54) is 19.3 Å². The van der Waals surface area contributed by atoms with Crippen molar-refractivity contribution in [3.8, 4) is 11.5 Å². The Bertz CT molecular complexity index is 1210. The molecule has 8 heteroatoms. The van der Waals surface area contributed by atoms with E-state index in [0.29, 0.717) is 52.4 Å². The fourth-order valence-electron chi connectivity index (χ4n) is 4.11. The number of amides is 2. The van der Waals surface area contributed by atoms with Crippen molar-refractivity contribution in [1.82, 2.24) is 15.2 Å². The summed E-state index contributed by atoms with van der Waals surface area (Å²) in [6.07, 6.45) is 8.24. The number of aromatic nitrogens is 1. The first-order valence-corrected chi connectivity index (χ1v) is 13.7. The van der Waals surface area contributed by atoms with Crippen molar-refractivity contribution >= 4 is 24.4 Å². The molecule has 3 rings (SSSR count). The van der Waals surface area contributed by atoms with E-state index in [-0.39, 0.29) is 11.4 Å². The van der Waals surface area contributed by atoms with Gasteiger partial charge in [-0.2, -0.15) is 0 Å². The number of anilines is 1. The Morgan fingerprint density at radius 2 is 1.85 bits per heavy atom. The van der Waals surface area contributed by atoms with Crippen LogP contribution in [0.1, 0.15) is 53.4 Å². The average Bonchev–Trinajstić information content (AvgIpc) is 2.90. The molecule has 0 unspecified atom stereocenters. The van der Waals surface area contributed by atoms with E-state index >= 15 is 0 Å². The molecule has 0 radical (unpaired) electrons. The van der Waals surface area contributed by atoms with E-state index < -0.39 is 0 Å². The van der Waals surface area contributed by atoms with Gasteiger partial charge in [0.2, 0.25) is 0 Å². The van der Waals surface area contributed by atoms with Gasteiger partial charge in [-0.1, -0.05) is 33.8 Å². The third-order valence-electron chi connectivity index (χ3n) is 6.58. The third kappa shape index (κ3) is 10.3. The minimum Gasteiger partial charge on any atom is -0.498 e. The van der Waals surface area contributed by atoms with Gasteiger partial charge in [0, 0.05) is 36.3 Å². The van der Waals surface area contributed by atoms with E-state index in [9.17, 15) is 4.79 Å². The molecular formula is C31H44N4O4. The number of piperidine rings is 1. The Balaban J connectivity index is 1.64. The van der Waals surface area contributed by atoms with Gasteiger partial charge >= 0.3 is 6.03 Å². The predicted octanol–water partition coefficient (Wildman–Crippen LogP) is 5.00. The predicted molar refractivity (Wildman–Crippen MR) is 157 cm³/mol. The summed E-state index contributed by atoms with van der Waals surface area (Å²) in [4.78, 5) is 19.1. The second-order valence-electron chi connectivity index (χ2n) is 11.0. The molecule has 0 aliphatic carbocycles. The second kappa shape index (κ2) is 14.6. The maximum Gasteiger partial charge on any atom is 0.319 e. The lowest BCUT2D eigenvalue weighted by Crippen LogP contribution is -2.33. The molecule has 2 aromatic rings. The molecule has 8 nitrogen and oxygen atoms in total. The summed E-state index contributed by atoms with van der Waals surface area (Å²) in [6.45, 7) is 16.8. The lowest BCUT2D eigenvalue weighted by Gasteiger charge is -2.26. The Labute approximate surface area is 232 Å². The highest BCUT2D eigenvalue weighted by atomic mass is 16.5. The molecule has 1 fully saturated rings. The lowest BCUT2D eigenvalue weighted by atomic mass is 9.92. The van der Waals surface area contributed by atoms with E-state index in [4.69, 9.17) is 14.2 Å². The van der Waals surface area contributed by atoms with Crippen LogP contribution in [0, 0.1) is 5.41 Å². The molecule has 2 amide bonds. The number of benzene rings is 1. The fraction of sp³-hybridized carbons (Fsp3) is 0.484. The molecule has 1 aromatic carbocycles. The molecule has 1 saturated heterocycles. The number of carbonyl (C=O) groups is 1. The number of ether oxygens (including phenoxy) is 3. The number of rotatable bonds is 11. The number of methoxy groups -OCH3 is 1. The summed E-state index contributed by atoms with van der Waals surface area (Å²) >= 11 is 0. The van der Waals surface area contributed by atoms with E-state index in [2.05, 4.69) is 47.9 Å². The minimum absolute atomic E-state index is 0.171. The van der Waals surface area contributed by atoms with Crippen LogP contribution in [0.4, 0.5) is 10.5 Å². The Morgan fingerprint density at radius 3 is 2.51 bits per heavy atom. The summed E-state index contributed by atoms with van der Waals surface area (Å²) in [6, 6.07) is 8.76. The van der Waals surface area contributed by atoms with Crippen molar-refractivity contribution < 1.29 is 19.0 Å². The summed E-state index contributed by atoms with van der Waals surface area (Å²) in [5.74, 6) is 2.50. The van der Waals surface area contributed by atoms with Gasteiger partial charge in [0.1, 0.15) is 23.9 Å². The number of urea groups is 1. The zero-order chi connectivity index (χ0) is 28.3. The number of nitrogens with zero attached hydrogens (tertiary/aromatic N) is 2. The normalized spacial score (nSPS) is 15.4. The molecule has 1 aliphatic heterocycles. The zero-order valence-electron chi connectivity index (χ0n) is 24.1. The van der Waals surface area contributed by atoms with Crippen molar-refractivity contribution in [3.63, 3.8) is 0 Å². The molecule has 0 saturated carbocycles. The van der Waals surface area contributed by atoms with Crippen LogP contribution in [0.15, 0.2) is 48.0 Å². The quantitative estimate of drug-likeness (QED) is 0.393. The van der Waals surface area contributed by atoms with E-state index in [1.54, 1.807) is 43.6 Å². The summed E-state index contributed by atoms with van der Waals surface area (Å²) in [7, 11) is 1.63. The van der Waals surface area contributed by atoms with Crippen LogP contribution in [-0.2, 0) is 9.47 Å². The van der Waals surface area contributed by atoms with Crippen LogP contribution in [-0.4, -0.2) is 55.8 Å². The van der Waals surface area contributed by atoms with Gasteiger partial charge < -0.3 is 24.8 Å². The van der Waals surface area contributed by atoms with Gasteiger partial charge in [-0.25, -0.2) is 4.79 Å². The van der Waals surface area contributed by atoms with Crippen molar-refractivity contribution in [2.75, 3.05) is 45.2 Å². The first-order chi connectivity index (χ1) is 18.6. The Morgan fingerprint density at radius 1 is 1.13 bits per heavy atom. The van der Waals surface area contributed by atoms with Crippen LogP contribution >= 0.6 is 0 Å². The third-order valence-corrected chi connectivity index (χ3v) is 6.58. The molecule has 1 aromatic heterocycles. The smallest absolute Gasteiger partial charge is 0.319 e. The molecular weight excluding hydrogens is 492 g/mol. The Kier molecular flexibility index (Phi) is 11.2. The molecule has 0 atom stereocenters. The van der Waals surface area contributed by atoms with Gasteiger partial charge in [0.05, 0.1) is 12.5 Å². The number of likely N-dealkylation sites (tertiary alicyclic amines) is 1. The zero-order valence-corrected chi connectivity index (χ0v) is 24.1. The molecule has 39 heavy (non-hydrogen) atoms. The molecule has 0 bridgehead atoms. The van der Waals surface area contributed by atoms with Crippen LogP contribution in [0.25, 0.3) is 12.7 Å². The van der Waals surface area contributed by atoms with Crippen LogP contribution in [0.3, 0.4) is 0 Å². The van der Waals surface area contributed by atoms with Gasteiger partial charge in [-0.05, 0) is 75.0 Å². The van der Waals surface area contributed by atoms with Crippen LogP contribution in [0.5, 0.6) is 11.5 Å². The maximum atomic E-state index is 12.2. The number of hydrogen-bond donors (Lipinski definition) is 2. The number of allylic oxidation sites excluding steroid dienone is 2. The first-order valence-electron chi connectivity index (χ1n) is 13.7. The van der Waals surface area contributed by atoms with Crippen LogP contribution in [0.2, 0.25) is 0 Å². The maximum absolute atomic E-state index is 12.2. The van der Waals surface area contributed by atoms with Crippen molar-refractivity contribution in [3.05, 3.63) is 58.6 Å². The summed E-state index contributed by atoms with van der Waals surface area (Å²) < 4.78 is 17.7. The number of nitrogens with one attached hydrogen (secondary N) is 2. The number of pyridine rings is 1. The SMILES string of the molecule is C=c1c(Oc2ccc(NC(=O)NCCC(C)(C)C)cc2)ccn/c1=C/C(OCCN1CCCCC1)=C(\C)OC. The highest BCUT2D eigenvalue weighted by Gasteiger charge is 2.12. The topological polar surface area (TPSA) is 85.0 Å². The molecule has 0 spiro atoms. The van der Waals surface area contributed by atoms with E-state index in [0.717, 1.165) is 26.1 Å². The van der Waals surface area contributed by atoms with Gasteiger partial charge in [0.15, 0.2) is 5.76 Å². The Hall–Kier alpha value is -3.52. The largest absolute Gasteiger partial charge is 0.498 e. The average molecular weight is 537 g/mol. The minimum atomic E-state index is -0.226. The number of hydrogen-bond acceptors (Lipinski definition) is 6. The monoisotopic (exact) mass is 536 g/mol. The highest BCUT2D eigenvalue weighted by Crippen LogP contribution is 2.21. The van der Waals surface area contributed by atoms with Crippen molar-refractivity contribution in [2.45, 2.75) is 53.4 Å². The second-order valence-corrected chi connectivity index (χ2v) is 11.0. The molecule has 2 N–H and O–H groups in total. The van der Waals surface area contributed by atoms with Crippen LogP contribution < -0.4 is 25.9 Å². The number of carbonyl (C=O) groups excluding carboxylic acids is 1. The first kappa shape index (κ1) is 30.0. The van der Waals surface area contributed by atoms with Gasteiger partial charge in [-0.15, -0.1) is 0 Å². The fourth-order valence-corrected chi connectivity index (χ4v) is 4.11.